The molecule has 8 heteroatoms. The third-order valence-electron chi connectivity index (χ3n) is 5.87. The van der Waals surface area contributed by atoms with Crippen LogP contribution < -0.4 is 20.9 Å². The fourth-order valence-electron chi connectivity index (χ4n) is 4.03. The Hall–Kier alpha value is -2.71. The Morgan fingerprint density at radius 3 is 2.83 bits per heavy atom. The van der Waals surface area contributed by atoms with Crippen LogP contribution in [-0.4, -0.2) is 54.4 Å². The minimum atomic E-state index is -0.148. The molecule has 158 valence electrons. The van der Waals surface area contributed by atoms with Gasteiger partial charge in [-0.15, -0.1) is 0 Å². The average molecular weight is 409 g/mol. The molecule has 2 aromatic rings. The van der Waals surface area contributed by atoms with Gasteiger partial charge in [-0.1, -0.05) is 0 Å². The van der Waals surface area contributed by atoms with E-state index in [9.17, 15) is 4.79 Å². The van der Waals surface area contributed by atoms with Crippen LogP contribution in [-0.2, 0) is 17.7 Å². The van der Waals surface area contributed by atoms with Gasteiger partial charge >= 0.3 is 6.03 Å². The molecule has 1 saturated carbocycles. The number of anilines is 2. The van der Waals surface area contributed by atoms with Crippen LogP contribution in [0.2, 0.25) is 0 Å². The van der Waals surface area contributed by atoms with Crippen molar-refractivity contribution in [3.05, 3.63) is 35.5 Å². The maximum Gasteiger partial charge on any atom is 0.319 e. The maximum atomic E-state index is 12.0. The molecule has 3 N–H and O–H groups in total. The number of amides is 2. The van der Waals surface area contributed by atoms with E-state index in [0.717, 1.165) is 80.7 Å². The lowest BCUT2D eigenvalue weighted by atomic mass is 10.0. The summed E-state index contributed by atoms with van der Waals surface area (Å²) in [5.74, 6) is 1.76. The van der Waals surface area contributed by atoms with Gasteiger partial charge in [0.25, 0.3) is 0 Å². The van der Waals surface area contributed by atoms with Crippen LogP contribution in [0.3, 0.4) is 0 Å². The molecule has 2 amide bonds. The third kappa shape index (κ3) is 4.11. The Bertz CT molecular complexity index is 928. The molecular weight excluding hydrogens is 380 g/mol. The van der Waals surface area contributed by atoms with Gasteiger partial charge in [0.1, 0.15) is 5.82 Å². The summed E-state index contributed by atoms with van der Waals surface area (Å²) in [7, 11) is 0. The van der Waals surface area contributed by atoms with Crippen molar-refractivity contribution in [3.63, 3.8) is 0 Å². The van der Waals surface area contributed by atoms with Crippen LogP contribution in [0.4, 0.5) is 16.3 Å². The molecule has 0 radical (unpaired) electrons. The third-order valence-corrected chi connectivity index (χ3v) is 5.87. The molecule has 1 aromatic carbocycles. The second kappa shape index (κ2) is 8.20. The largest absolute Gasteiger partial charge is 0.377 e. The molecule has 1 aromatic heterocycles. The smallest absolute Gasteiger partial charge is 0.319 e. The zero-order valence-electron chi connectivity index (χ0n) is 17.3. The van der Waals surface area contributed by atoms with Crippen molar-refractivity contribution < 1.29 is 9.53 Å². The number of nitrogens with one attached hydrogen (secondary N) is 3. The van der Waals surface area contributed by atoms with Gasteiger partial charge in [-0.2, -0.15) is 0 Å². The van der Waals surface area contributed by atoms with E-state index in [0.29, 0.717) is 6.04 Å². The van der Waals surface area contributed by atoms with Gasteiger partial charge in [0.05, 0.1) is 24.9 Å². The highest BCUT2D eigenvalue weighted by Gasteiger charge is 2.27. The van der Waals surface area contributed by atoms with Crippen molar-refractivity contribution in [1.29, 1.82) is 0 Å². The Balaban J connectivity index is 1.42. The lowest BCUT2D eigenvalue weighted by Gasteiger charge is -2.36. The van der Waals surface area contributed by atoms with Crippen molar-refractivity contribution in [3.8, 4) is 11.4 Å². The first-order chi connectivity index (χ1) is 14.7. The number of fused-ring (bicyclic) bond motifs is 1. The molecule has 30 heavy (non-hydrogen) atoms. The van der Waals surface area contributed by atoms with Crippen molar-refractivity contribution in [2.75, 3.05) is 36.5 Å². The first kappa shape index (κ1) is 19.3. The number of nitrogens with zero attached hydrogens (tertiary/aromatic N) is 3. The highest BCUT2D eigenvalue weighted by Crippen LogP contribution is 2.30. The van der Waals surface area contributed by atoms with Gasteiger partial charge in [0.15, 0.2) is 5.82 Å². The van der Waals surface area contributed by atoms with Crippen LogP contribution >= 0.6 is 0 Å². The number of carbonyl (C=O) groups excluding carboxylic acids is 1. The SMILES string of the molecule is CC1COCCN1c1nc(-c2ccc(NC(=O)NC3CC3)cc2)nc2c1CCNC2. The summed E-state index contributed by atoms with van der Waals surface area (Å²) >= 11 is 0. The van der Waals surface area contributed by atoms with Gasteiger partial charge in [-0.3, -0.25) is 0 Å². The van der Waals surface area contributed by atoms with E-state index >= 15 is 0 Å². The highest BCUT2D eigenvalue weighted by molar-refractivity contribution is 5.89. The van der Waals surface area contributed by atoms with Crippen molar-refractivity contribution in [1.82, 2.24) is 20.6 Å². The Kier molecular flexibility index (Phi) is 5.26. The molecular formula is C22H28N6O2. The topological polar surface area (TPSA) is 91.4 Å². The summed E-state index contributed by atoms with van der Waals surface area (Å²) in [5.41, 5.74) is 4.03. The van der Waals surface area contributed by atoms with Crippen LogP contribution in [0.1, 0.15) is 31.0 Å². The second-order valence-corrected chi connectivity index (χ2v) is 8.29. The summed E-state index contributed by atoms with van der Waals surface area (Å²) in [6, 6.07) is 8.22. The summed E-state index contributed by atoms with van der Waals surface area (Å²) in [6.45, 7) is 6.18. The lowest BCUT2D eigenvalue weighted by molar-refractivity contribution is 0.0984. The fourth-order valence-corrected chi connectivity index (χ4v) is 4.03. The number of benzene rings is 1. The van der Waals surface area contributed by atoms with Crippen molar-refractivity contribution in [2.45, 2.75) is 44.8 Å². The molecule has 2 aliphatic heterocycles. The zero-order valence-corrected chi connectivity index (χ0v) is 17.3. The van der Waals surface area contributed by atoms with Gasteiger partial charge in [-0.05, 0) is 57.0 Å². The number of hydrogen-bond donors (Lipinski definition) is 3. The molecule has 1 unspecified atom stereocenters. The molecule has 2 fully saturated rings. The molecule has 1 atom stereocenters. The maximum absolute atomic E-state index is 12.0. The number of ether oxygens (including phenoxy) is 1. The van der Waals surface area contributed by atoms with E-state index < -0.39 is 0 Å². The number of carbonyl (C=O) groups is 1. The predicted octanol–water partition coefficient (Wildman–Crippen LogP) is 2.30. The molecule has 8 nitrogen and oxygen atoms in total. The van der Waals surface area contributed by atoms with Gasteiger partial charge in [0, 0.05) is 35.9 Å². The van der Waals surface area contributed by atoms with Crippen LogP contribution in [0.15, 0.2) is 24.3 Å². The van der Waals surface area contributed by atoms with E-state index in [1.165, 1.54) is 5.56 Å². The first-order valence-electron chi connectivity index (χ1n) is 10.8. The monoisotopic (exact) mass is 408 g/mol. The van der Waals surface area contributed by atoms with Crippen LogP contribution in [0, 0.1) is 0 Å². The minimum Gasteiger partial charge on any atom is -0.377 e. The van der Waals surface area contributed by atoms with E-state index in [-0.39, 0.29) is 12.1 Å². The summed E-state index contributed by atoms with van der Waals surface area (Å²) in [5, 5.41) is 9.25. The molecule has 5 rings (SSSR count). The van der Waals surface area contributed by atoms with E-state index in [2.05, 4.69) is 27.8 Å². The minimum absolute atomic E-state index is 0.148. The van der Waals surface area contributed by atoms with Crippen molar-refractivity contribution in [2.24, 2.45) is 0 Å². The average Bonchev–Trinajstić information content (AvgIpc) is 3.58. The van der Waals surface area contributed by atoms with Gasteiger partial charge in [0.2, 0.25) is 0 Å². The predicted molar refractivity (Wildman–Crippen MR) is 116 cm³/mol. The number of morpholine rings is 1. The second-order valence-electron chi connectivity index (χ2n) is 8.29. The highest BCUT2D eigenvalue weighted by atomic mass is 16.5. The number of hydrogen-bond acceptors (Lipinski definition) is 6. The molecule has 0 bridgehead atoms. The van der Waals surface area contributed by atoms with E-state index in [4.69, 9.17) is 14.7 Å². The fraction of sp³-hybridized carbons (Fsp3) is 0.500. The normalized spacial score (nSPS) is 21.1. The zero-order chi connectivity index (χ0) is 20.5. The molecule has 3 aliphatic rings. The lowest BCUT2D eigenvalue weighted by Crippen LogP contribution is -2.45. The van der Waals surface area contributed by atoms with Crippen molar-refractivity contribution >= 4 is 17.5 Å². The summed E-state index contributed by atoms with van der Waals surface area (Å²) in [6.07, 6.45) is 3.08. The quantitative estimate of drug-likeness (QED) is 0.719. The Morgan fingerprint density at radius 2 is 2.07 bits per heavy atom. The molecule has 3 heterocycles. The van der Waals surface area contributed by atoms with Gasteiger partial charge < -0.3 is 25.6 Å². The Morgan fingerprint density at radius 1 is 1.23 bits per heavy atom. The van der Waals surface area contributed by atoms with Gasteiger partial charge in [-0.25, -0.2) is 14.8 Å². The molecule has 0 spiro atoms. The number of aromatic nitrogens is 2. The number of urea groups is 1. The summed E-state index contributed by atoms with van der Waals surface area (Å²) in [4.78, 5) is 24.2. The standard InChI is InChI=1S/C22H28N6O2/c1-14-13-30-11-10-28(14)21-18-8-9-23-12-19(18)26-20(27-21)15-2-4-16(5-3-15)24-22(29)25-17-6-7-17/h2-5,14,17,23H,6-13H2,1H3,(H2,24,25,29). The Labute approximate surface area is 176 Å². The number of rotatable bonds is 4. The van der Waals surface area contributed by atoms with E-state index in [1.54, 1.807) is 0 Å². The first-order valence-corrected chi connectivity index (χ1v) is 10.8. The van der Waals surface area contributed by atoms with Crippen LogP contribution in [0.25, 0.3) is 11.4 Å². The molecule has 1 saturated heterocycles. The van der Waals surface area contributed by atoms with Crippen LogP contribution in [0.5, 0.6) is 0 Å². The summed E-state index contributed by atoms with van der Waals surface area (Å²) < 4.78 is 5.63. The van der Waals surface area contributed by atoms with E-state index in [1.807, 2.05) is 24.3 Å². The molecule has 1 aliphatic carbocycles.